The molecule has 0 fully saturated rings. The fourth-order valence-electron chi connectivity index (χ4n) is 1.56. The van der Waals surface area contributed by atoms with Gasteiger partial charge in [0.05, 0.1) is 17.7 Å². The van der Waals surface area contributed by atoms with Gasteiger partial charge in [0.2, 0.25) is 5.89 Å². The van der Waals surface area contributed by atoms with Crippen molar-refractivity contribution in [3.8, 4) is 0 Å². The minimum Gasteiger partial charge on any atom is -0.444 e. The van der Waals surface area contributed by atoms with Gasteiger partial charge in [-0.2, -0.15) is 0 Å². The van der Waals surface area contributed by atoms with Crippen LogP contribution >= 0.6 is 0 Å². The van der Waals surface area contributed by atoms with Crippen LogP contribution in [0.4, 0.5) is 17.1 Å². The van der Waals surface area contributed by atoms with Crippen molar-refractivity contribution in [2.75, 3.05) is 11.1 Å². The third kappa shape index (κ3) is 2.40. The SMILES string of the molecule is Cc1cnc(CNc2cccc(N)c2[N+](=O)[O-])o1. The molecule has 0 saturated carbocycles. The first-order valence-corrected chi connectivity index (χ1v) is 5.26. The summed E-state index contributed by atoms with van der Waals surface area (Å²) in [6, 6.07) is 4.72. The summed E-state index contributed by atoms with van der Waals surface area (Å²) in [5, 5.41) is 13.8. The maximum atomic E-state index is 10.9. The summed E-state index contributed by atoms with van der Waals surface area (Å²) in [6.07, 6.45) is 1.59. The van der Waals surface area contributed by atoms with Crippen LogP contribution < -0.4 is 11.1 Å². The molecule has 0 atom stereocenters. The zero-order chi connectivity index (χ0) is 13.1. The number of nitrogens with two attached hydrogens (primary N) is 1. The van der Waals surface area contributed by atoms with E-state index in [0.29, 0.717) is 17.3 Å². The minimum atomic E-state index is -0.515. The van der Waals surface area contributed by atoms with Crippen LogP contribution in [0, 0.1) is 17.0 Å². The number of nitrogens with zero attached hydrogens (tertiary/aromatic N) is 2. The number of rotatable bonds is 4. The summed E-state index contributed by atoms with van der Waals surface area (Å²) >= 11 is 0. The number of anilines is 2. The molecule has 1 aromatic carbocycles. The summed E-state index contributed by atoms with van der Waals surface area (Å²) in [5.41, 5.74) is 5.90. The van der Waals surface area contributed by atoms with Gasteiger partial charge in [0.15, 0.2) is 0 Å². The predicted molar refractivity (Wildman–Crippen MR) is 66.1 cm³/mol. The van der Waals surface area contributed by atoms with E-state index in [1.54, 1.807) is 25.3 Å². The number of nitrogen functional groups attached to an aromatic ring is 1. The van der Waals surface area contributed by atoms with Crippen LogP contribution in [0.15, 0.2) is 28.8 Å². The molecular weight excluding hydrogens is 236 g/mol. The van der Waals surface area contributed by atoms with Crippen molar-refractivity contribution in [3.05, 3.63) is 46.2 Å². The maximum absolute atomic E-state index is 10.9. The molecule has 0 unspecified atom stereocenters. The van der Waals surface area contributed by atoms with Gasteiger partial charge < -0.3 is 15.5 Å². The van der Waals surface area contributed by atoms with Gasteiger partial charge in [-0.1, -0.05) is 6.07 Å². The van der Waals surface area contributed by atoms with E-state index in [4.69, 9.17) is 10.2 Å². The standard InChI is InChI=1S/C11H12N4O3/c1-7-5-14-10(18-7)6-13-9-4-2-3-8(12)11(9)15(16)17/h2-5,13H,6,12H2,1H3. The molecule has 7 heteroatoms. The fourth-order valence-corrected chi connectivity index (χ4v) is 1.56. The summed E-state index contributed by atoms with van der Waals surface area (Å²) in [6.45, 7) is 2.04. The average Bonchev–Trinajstić information content (AvgIpc) is 2.72. The van der Waals surface area contributed by atoms with Gasteiger partial charge in [0, 0.05) is 0 Å². The number of hydrogen-bond donors (Lipinski definition) is 2. The van der Waals surface area contributed by atoms with Gasteiger partial charge in [-0.05, 0) is 19.1 Å². The second-order valence-corrected chi connectivity index (χ2v) is 3.72. The molecule has 0 radical (unpaired) electrons. The molecule has 0 aliphatic heterocycles. The Kier molecular flexibility index (Phi) is 3.13. The summed E-state index contributed by atoms with van der Waals surface area (Å²) in [5.74, 6) is 1.15. The highest BCUT2D eigenvalue weighted by Crippen LogP contribution is 2.30. The van der Waals surface area contributed by atoms with Crippen molar-refractivity contribution in [2.45, 2.75) is 13.5 Å². The van der Waals surface area contributed by atoms with Crippen LogP contribution in [0.1, 0.15) is 11.7 Å². The molecule has 0 aliphatic carbocycles. The van der Waals surface area contributed by atoms with Crippen molar-refractivity contribution >= 4 is 17.1 Å². The van der Waals surface area contributed by atoms with Crippen LogP contribution in [0.25, 0.3) is 0 Å². The molecule has 0 spiro atoms. The van der Waals surface area contributed by atoms with Crippen molar-refractivity contribution in [1.29, 1.82) is 0 Å². The Bertz CT molecular complexity index is 579. The monoisotopic (exact) mass is 248 g/mol. The highest BCUT2D eigenvalue weighted by molar-refractivity contribution is 5.74. The van der Waals surface area contributed by atoms with Gasteiger partial charge >= 0.3 is 5.69 Å². The van der Waals surface area contributed by atoms with Crippen LogP contribution in [-0.4, -0.2) is 9.91 Å². The van der Waals surface area contributed by atoms with E-state index in [0.717, 1.165) is 0 Å². The van der Waals surface area contributed by atoms with Crippen molar-refractivity contribution in [2.24, 2.45) is 0 Å². The first-order chi connectivity index (χ1) is 8.58. The highest BCUT2D eigenvalue weighted by atomic mass is 16.6. The normalized spacial score (nSPS) is 10.3. The molecule has 1 aromatic heterocycles. The Hall–Kier alpha value is -2.57. The quantitative estimate of drug-likeness (QED) is 0.487. The van der Waals surface area contributed by atoms with Crippen LogP contribution in [0.2, 0.25) is 0 Å². The lowest BCUT2D eigenvalue weighted by atomic mass is 10.2. The number of benzene rings is 1. The van der Waals surface area contributed by atoms with E-state index in [2.05, 4.69) is 10.3 Å². The van der Waals surface area contributed by atoms with Gasteiger partial charge in [0.1, 0.15) is 17.1 Å². The Morgan fingerprint density at radius 1 is 1.56 bits per heavy atom. The Labute approximate surface area is 103 Å². The largest absolute Gasteiger partial charge is 0.444 e. The third-order valence-electron chi connectivity index (χ3n) is 2.35. The molecule has 18 heavy (non-hydrogen) atoms. The number of oxazole rings is 1. The average molecular weight is 248 g/mol. The Morgan fingerprint density at radius 2 is 2.33 bits per heavy atom. The van der Waals surface area contributed by atoms with Gasteiger partial charge in [0.25, 0.3) is 0 Å². The van der Waals surface area contributed by atoms with E-state index in [-0.39, 0.29) is 17.9 Å². The lowest BCUT2D eigenvalue weighted by Crippen LogP contribution is -2.04. The highest BCUT2D eigenvalue weighted by Gasteiger charge is 2.17. The van der Waals surface area contributed by atoms with Crippen molar-refractivity contribution in [3.63, 3.8) is 0 Å². The second kappa shape index (κ2) is 4.74. The zero-order valence-electron chi connectivity index (χ0n) is 9.71. The van der Waals surface area contributed by atoms with E-state index in [1.165, 1.54) is 6.07 Å². The molecule has 94 valence electrons. The first-order valence-electron chi connectivity index (χ1n) is 5.26. The van der Waals surface area contributed by atoms with E-state index < -0.39 is 4.92 Å². The lowest BCUT2D eigenvalue weighted by molar-refractivity contribution is -0.383. The molecule has 2 aromatic rings. The molecule has 0 bridgehead atoms. The number of nitro groups is 1. The van der Waals surface area contributed by atoms with E-state index in [9.17, 15) is 10.1 Å². The number of hydrogen-bond acceptors (Lipinski definition) is 6. The molecule has 1 heterocycles. The topological polar surface area (TPSA) is 107 Å². The first kappa shape index (κ1) is 11.9. The van der Waals surface area contributed by atoms with Crippen LogP contribution in [-0.2, 0) is 6.54 Å². The van der Waals surface area contributed by atoms with Crippen LogP contribution in [0.5, 0.6) is 0 Å². The third-order valence-corrected chi connectivity index (χ3v) is 2.35. The lowest BCUT2D eigenvalue weighted by Gasteiger charge is -2.06. The summed E-state index contributed by atoms with van der Waals surface area (Å²) in [4.78, 5) is 14.4. The Balaban J connectivity index is 2.19. The smallest absolute Gasteiger partial charge is 0.314 e. The molecule has 0 amide bonds. The summed E-state index contributed by atoms with van der Waals surface area (Å²) < 4.78 is 5.26. The number of nitro benzene ring substituents is 1. The summed E-state index contributed by atoms with van der Waals surface area (Å²) in [7, 11) is 0. The number of nitrogens with one attached hydrogen (secondary N) is 1. The number of aromatic nitrogens is 1. The molecule has 0 aliphatic rings. The molecule has 0 saturated heterocycles. The minimum absolute atomic E-state index is 0.119. The zero-order valence-corrected chi connectivity index (χ0v) is 9.71. The van der Waals surface area contributed by atoms with Crippen LogP contribution in [0.3, 0.4) is 0 Å². The molecule has 7 nitrogen and oxygen atoms in total. The van der Waals surface area contributed by atoms with Gasteiger partial charge in [-0.25, -0.2) is 4.98 Å². The predicted octanol–water partition coefficient (Wildman–Crippen LogP) is 2.09. The number of para-hydroxylation sites is 1. The van der Waals surface area contributed by atoms with E-state index >= 15 is 0 Å². The fraction of sp³-hybridized carbons (Fsp3) is 0.182. The number of aryl methyl sites for hydroxylation is 1. The molecule has 2 rings (SSSR count). The molecular formula is C11H12N4O3. The molecule has 3 N–H and O–H groups in total. The second-order valence-electron chi connectivity index (χ2n) is 3.72. The Morgan fingerprint density at radius 3 is 2.94 bits per heavy atom. The van der Waals surface area contributed by atoms with Gasteiger partial charge in [-0.3, -0.25) is 10.1 Å². The van der Waals surface area contributed by atoms with Crippen molar-refractivity contribution in [1.82, 2.24) is 4.98 Å². The maximum Gasteiger partial charge on any atom is 0.314 e. The van der Waals surface area contributed by atoms with Crippen molar-refractivity contribution < 1.29 is 9.34 Å². The van der Waals surface area contributed by atoms with Gasteiger partial charge in [-0.15, -0.1) is 0 Å². The van der Waals surface area contributed by atoms with E-state index in [1.807, 2.05) is 0 Å².